The van der Waals surface area contributed by atoms with Gasteiger partial charge in [-0.3, -0.25) is 4.98 Å². The van der Waals surface area contributed by atoms with E-state index in [1.165, 1.54) is 22.0 Å². The van der Waals surface area contributed by atoms with Crippen LogP contribution in [0.4, 0.5) is 0 Å². The maximum Gasteiger partial charge on any atom is 0.414 e. The summed E-state index contributed by atoms with van der Waals surface area (Å²) >= 11 is 0. The fraction of sp³-hybridized carbons (Fsp3) is 0.192. The topological polar surface area (TPSA) is 102 Å². The third kappa shape index (κ3) is 6.43. The van der Waals surface area contributed by atoms with Gasteiger partial charge in [0.2, 0.25) is 0 Å². The van der Waals surface area contributed by atoms with Crippen molar-refractivity contribution in [2.45, 2.75) is 32.4 Å². The summed E-state index contributed by atoms with van der Waals surface area (Å²) in [7, 11) is 0. The first-order valence-electron chi connectivity index (χ1n) is 10.6. The first-order valence-corrected chi connectivity index (χ1v) is 10.6. The van der Waals surface area contributed by atoms with Crippen molar-refractivity contribution in [3.63, 3.8) is 0 Å². The normalized spacial score (nSPS) is 11.3. The molecule has 0 aliphatic rings. The minimum Gasteiger partial charge on any atom is -0.489 e. The molecular weight excluding hydrogens is 420 g/mol. The van der Waals surface area contributed by atoms with E-state index in [1.54, 1.807) is 0 Å². The molecule has 0 saturated heterocycles. The lowest BCUT2D eigenvalue weighted by Gasteiger charge is -2.20. The number of fused-ring (bicyclic) bond motifs is 1. The number of carboxylic acid groups (broad SMARTS) is 2. The van der Waals surface area contributed by atoms with Crippen LogP contribution in [0.25, 0.3) is 10.9 Å². The van der Waals surface area contributed by atoms with Crippen molar-refractivity contribution in [1.82, 2.24) is 9.55 Å². The van der Waals surface area contributed by atoms with Crippen LogP contribution in [0.15, 0.2) is 85.3 Å². The molecule has 0 saturated carbocycles. The highest BCUT2D eigenvalue weighted by molar-refractivity contribution is 6.27. The van der Waals surface area contributed by atoms with Crippen molar-refractivity contribution in [1.29, 1.82) is 0 Å². The summed E-state index contributed by atoms with van der Waals surface area (Å²) in [5.41, 5.74) is 3.71. The van der Waals surface area contributed by atoms with Crippen molar-refractivity contribution in [2.24, 2.45) is 0 Å². The summed E-state index contributed by atoms with van der Waals surface area (Å²) in [5.74, 6) is -2.75. The molecule has 7 heteroatoms. The minimum absolute atomic E-state index is 0.326. The van der Waals surface area contributed by atoms with Gasteiger partial charge in [0.25, 0.3) is 0 Å². The molecule has 4 rings (SSSR count). The molecule has 0 fully saturated rings. The zero-order valence-corrected chi connectivity index (χ0v) is 18.3. The van der Waals surface area contributed by atoms with Gasteiger partial charge in [-0.2, -0.15) is 0 Å². The molecule has 4 aromatic rings. The van der Waals surface area contributed by atoms with Crippen molar-refractivity contribution >= 4 is 22.8 Å². The number of ether oxygens (including phenoxy) is 1. The Kier molecular flexibility index (Phi) is 8.18. The molecule has 170 valence electrons. The number of rotatable bonds is 7. The van der Waals surface area contributed by atoms with Gasteiger partial charge >= 0.3 is 11.9 Å². The first kappa shape index (κ1) is 23.5. The van der Waals surface area contributed by atoms with E-state index in [4.69, 9.17) is 24.5 Å². The minimum atomic E-state index is -1.82. The Hall–Kier alpha value is -4.13. The zero-order valence-electron chi connectivity index (χ0n) is 18.3. The summed E-state index contributed by atoms with van der Waals surface area (Å²) in [6.45, 7) is 2.82. The average Bonchev–Trinajstić information content (AvgIpc) is 3.25. The molecular formula is C26H26N2O5. The summed E-state index contributed by atoms with van der Waals surface area (Å²) in [6, 6.07) is 23.4. The van der Waals surface area contributed by atoms with Gasteiger partial charge in [-0.05, 0) is 53.9 Å². The Balaban J connectivity index is 0.000000454. The molecule has 2 heterocycles. The van der Waals surface area contributed by atoms with Crippen LogP contribution in [0.1, 0.15) is 36.9 Å². The molecule has 33 heavy (non-hydrogen) atoms. The van der Waals surface area contributed by atoms with E-state index in [0.29, 0.717) is 12.6 Å². The molecule has 2 N–H and O–H groups in total. The third-order valence-corrected chi connectivity index (χ3v) is 5.11. The van der Waals surface area contributed by atoms with Crippen molar-refractivity contribution in [3.05, 3.63) is 96.4 Å². The Morgan fingerprint density at radius 2 is 1.67 bits per heavy atom. The molecule has 0 aliphatic heterocycles. The summed E-state index contributed by atoms with van der Waals surface area (Å²) < 4.78 is 8.35. The monoisotopic (exact) mass is 446 g/mol. The number of pyridine rings is 1. The molecule has 1 unspecified atom stereocenters. The maximum atomic E-state index is 9.10. The lowest BCUT2D eigenvalue weighted by atomic mass is 10.0. The van der Waals surface area contributed by atoms with Gasteiger partial charge in [0, 0.05) is 29.5 Å². The molecule has 0 spiro atoms. The second-order valence-corrected chi connectivity index (χ2v) is 7.41. The quantitative estimate of drug-likeness (QED) is 0.380. The summed E-state index contributed by atoms with van der Waals surface area (Å²) in [6.07, 6.45) is 8.16. The first-order chi connectivity index (χ1) is 16.0. The predicted octanol–water partition coefficient (Wildman–Crippen LogP) is 5.16. The summed E-state index contributed by atoms with van der Waals surface area (Å²) in [4.78, 5) is 22.4. The van der Waals surface area contributed by atoms with Crippen LogP contribution in [0.5, 0.6) is 5.75 Å². The number of carbonyl (C=O) groups is 2. The van der Waals surface area contributed by atoms with E-state index >= 15 is 0 Å². The molecule has 2 aromatic heterocycles. The Morgan fingerprint density at radius 1 is 0.970 bits per heavy atom. The molecule has 0 amide bonds. The number of hydrogen-bond donors (Lipinski definition) is 2. The molecule has 0 bridgehead atoms. The SMILES string of the molecule is CCCC(c1ccncc1)n1ccc2cc(OCc3ccccc3)ccc21.O=C(O)C(=O)O. The maximum absolute atomic E-state index is 9.10. The third-order valence-electron chi connectivity index (χ3n) is 5.11. The van der Waals surface area contributed by atoms with Crippen LogP contribution < -0.4 is 4.74 Å². The molecule has 0 aliphatic carbocycles. The van der Waals surface area contributed by atoms with Gasteiger partial charge in [0.05, 0.1) is 6.04 Å². The zero-order chi connectivity index (χ0) is 23.6. The number of aliphatic carboxylic acids is 2. The van der Waals surface area contributed by atoms with Gasteiger partial charge < -0.3 is 19.5 Å². The van der Waals surface area contributed by atoms with Gasteiger partial charge in [-0.1, -0.05) is 43.7 Å². The van der Waals surface area contributed by atoms with E-state index in [9.17, 15) is 0 Å². The van der Waals surface area contributed by atoms with Gasteiger partial charge in [-0.25, -0.2) is 9.59 Å². The van der Waals surface area contributed by atoms with E-state index in [1.807, 2.05) is 30.6 Å². The van der Waals surface area contributed by atoms with E-state index in [0.717, 1.165) is 18.6 Å². The number of benzene rings is 2. The number of nitrogens with zero attached hydrogens (tertiary/aromatic N) is 2. The van der Waals surface area contributed by atoms with Crippen LogP contribution in [0.3, 0.4) is 0 Å². The van der Waals surface area contributed by atoms with Crippen molar-refractivity contribution < 1.29 is 24.5 Å². The van der Waals surface area contributed by atoms with Crippen molar-refractivity contribution in [3.8, 4) is 5.75 Å². The van der Waals surface area contributed by atoms with E-state index in [2.05, 4.69) is 71.2 Å². The van der Waals surface area contributed by atoms with Gasteiger partial charge in [0.1, 0.15) is 12.4 Å². The van der Waals surface area contributed by atoms with Crippen molar-refractivity contribution in [2.75, 3.05) is 0 Å². The fourth-order valence-electron chi connectivity index (χ4n) is 3.57. The van der Waals surface area contributed by atoms with Gasteiger partial charge in [0.15, 0.2) is 0 Å². The van der Waals surface area contributed by atoms with Crippen LogP contribution in [-0.4, -0.2) is 31.7 Å². The number of carboxylic acids is 2. The highest BCUT2D eigenvalue weighted by atomic mass is 16.5. The van der Waals surface area contributed by atoms with Crippen LogP contribution in [0.2, 0.25) is 0 Å². The lowest BCUT2D eigenvalue weighted by Crippen LogP contribution is -2.09. The second-order valence-electron chi connectivity index (χ2n) is 7.41. The molecule has 2 aromatic carbocycles. The Bertz CT molecular complexity index is 1180. The smallest absolute Gasteiger partial charge is 0.414 e. The highest BCUT2D eigenvalue weighted by Gasteiger charge is 2.15. The van der Waals surface area contributed by atoms with Crippen LogP contribution >= 0.6 is 0 Å². The number of aromatic nitrogens is 2. The lowest BCUT2D eigenvalue weighted by molar-refractivity contribution is -0.159. The Labute approximate surface area is 191 Å². The standard InChI is InChI=1S/C24H24N2O.C2H2O4/c1-2-6-23(20-11-14-25-15-12-20)26-16-13-21-17-22(9-10-24(21)26)27-18-19-7-4-3-5-8-19;3-1(4)2(5)6/h3-5,7-17,23H,2,6,18H2,1H3;(H,3,4)(H,5,6). The average molecular weight is 447 g/mol. The molecule has 7 nitrogen and oxygen atoms in total. The van der Waals surface area contributed by atoms with Crippen LogP contribution in [0, 0.1) is 0 Å². The van der Waals surface area contributed by atoms with Gasteiger partial charge in [-0.15, -0.1) is 0 Å². The predicted molar refractivity (Wildman–Crippen MR) is 125 cm³/mol. The largest absolute Gasteiger partial charge is 0.489 e. The second kappa shape index (κ2) is 11.5. The molecule has 0 radical (unpaired) electrons. The van der Waals surface area contributed by atoms with Crippen LogP contribution in [-0.2, 0) is 16.2 Å². The van der Waals surface area contributed by atoms with E-state index in [-0.39, 0.29) is 0 Å². The molecule has 1 atom stereocenters. The fourth-order valence-corrected chi connectivity index (χ4v) is 3.57. The summed E-state index contributed by atoms with van der Waals surface area (Å²) in [5, 5.41) is 16.0. The number of hydrogen-bond acceptors (Lipinski definition) is 4. The highest BCUT2D eigenvalue weighted by Crippen LogP contribution is 2.30. The van der Waals surface area contributed by atoms with E-state index < -0.39 is 11.9 Å². The Morgan fingerprint density at radius 3 is 2.30 bits per heavy atom.